The molecule has 0 rings (SSSR count). The Morgan fingerprint density at radius 3 is 2.44 bits per heavy atom. The molecule has 1 amide bonds. The Hall–Kier alpha value is -0.610. The monoisotopic (exact) mass is 231 g/mol. The van der Waals surface area contributed by atoms with Gasteiger partial charge in [-0.1, -0.05) is 26.7 Å². The van der Waals surface area contributed by atoms with Crippen LogP contribution in [0.2, 0.25) is 0 Å². The third-order valence-electron chi connectivity index (χ3n) is 2.07. The highest BCUT2D eigenvalue weighted by atomic mass is 16.5. The van der Waals surface area contributed by atoms with Gasteiger partial charge in [0.25, 0.3) is 0 Å². The molecule has 0 bridgehead atoms. The van der Waals surface area contributed by atoms with Gasteiger partial charge >= 0.3 is 0 Å². The summed E-state index contributed by atoms with van der Waals surface area (Å²) in [4.78, 5) is 11.1. The van der Waals surface area contributed by atoms with Crippen molar-refractivity contribution in [1.29, 1.82) is 0 Å². The van der Waals surface area contributed by atoms with Crippen LogP contribution < -0.4 is 5.32 Å². The Labute approximate surface area is 98.7 Å². The molecule has 0 aliphatic rings. The first-order valence-electron chi connectivity index (χ1n) is 6.23. The maximum Gasteiger partial charge on any atom is 0.245 e. The molecule has 1 N–H and O–H groups in total. The van der Waals surface area contributed by atoms with E-state index in [0.717, 1.165) is 26.0 Å². The molecule has 0 aliphatic carbocycles. The second-order valence-corrected chi connectivity index (χ2v) is 3.72. The minimum absolute atomic E-state index is 0.0483. The molecular weight excluding hydrogens is 206 g/mol. The van der Waals surface area contributed by atoms with E-state index in [2.05, 4.69) is 12.2 Å². The number of amides is 1. The molecule has 16 heavy (non-hydrogen) atoms. The van der Waals surface area contributed by atoms with Gasteiger partial charge in [0, 0.05) is 13.2 Å². The molecule has 0 aliphatic heterocycles. The van der Waals surface area contributed by atoms with E-state index in [1.165, 1.54) is 12.8 Å². The van der Waals surface area contributed by atoms with Gasteiger partial charge in [-0.05, 0) is 12.8 Å². The summed E-state index contributed by atoms with van der Waals surface area (Å²) >= 11 is 0. The maximum atomic E-state index is 11.1. The first kappa shape index (κ1) is 15.4. The van der Waals surface area contributed by atoms with Crippen LogP contribution in [0.4, 0.5) is 0 Å². The van der Waals surface area contributed by atoms with Crippen LogP contribution in [-0.4, -0.2) is 38.9 Å². The summed E-state index contributed by atoms with van der Waals surface area (Å²) in [6.07, 6.45) is 4.47. The summed E-state index contributed by atoms with van der Waals surface area (Å²) < 4.78 is 10.5. The zero-order chi connectivity index (χ0) is 12.1. The summed E-state index contributed by atoms with van der Waals surface area (Å²) in [6.45, 7) is 6.90. The van der Waals surface area contributed by atoms with Gasteiger partial charge in [0.1, 0.15) is 6.61 Å². The second-order valence-electron chi connectivity index (χ2n) is 3.72. The van der Waals surface area contributed by atoms with Crippen LogP contribution in [0.1, 0.15) is 39.5 Å². The molecule has 0 spiro atoms. The minimum atomic E-state index is -0.0483. The Balaban J connectivity index is 3.05. The van der Waals surface area contributed by atoms with Crippen LogP contribution in [0.15, 0.2) is 0 Å². The maximum absolute atomic E-state index is 11.1. The fourth-order valence-corrected chi connectivity index (χ4v) is 1.15. The van der Waals surface area contributed by atoms with Crippen LogP contribution >= 0.6 is 0 Å². The van der Waals surface area contributed by atoms with Gasteiger partial charge in [-0.3, -0.25) is 4.79 Å². The molecule has 0 aromatic heterocycles. The molecule has 0 saturated carbocycles. The fourth-order valence-electron chi connectivity index (χ4n) is 1.15. The summed E-state index contributed by atoms with van der Waals surface area (Å²) in [5.41, 5.74) is 0. The molecule has 96 valence electrons. The fraction of sp³-hybridized carbons (Fsp3) is 0.917. The van der Waals surface area contributed by atoms with Crippen LogP contribution in [0.5, 0.6) is 0 Å². The molecule has 4 heteroatoms. The summed E-state index contributed by atoms with van der Waals surface area (Å²) in [6, 6.07) is 0. The first-order valence-corrected chi connectivity index (χ1v) is 6.23. The van der Waals surface area contributed by atoms with Crippen molar-refractivity contribution in [2.45, 2.75) is 39.5 Å². The lowest BCUT2D eigenvalue weighted by Gasteiger charge is -2.06. The Kier molecular flexibility index (Phi) is 12.0. The van der Waals surface area contributed by atoms with Crippen molar-refractivity contribution in [3.05, 3.63) is 0 Å². The van der Waals surface area contributed by atoms with Gasteiger partial charge in [0.2, 0.25) is 5.91 Å². The van der Waals surface area contributed by atoms with Gasteiger partial charge in [0.05, 0.1) is 13.2 Å². The van der Waals surface area contributed by atoms with Gasteiger partial charge in [0.15, 0.2) is 0 Å². The number of rotatable bonds is 11. The summed E-state index contributed by atoms with van der Waals surface area (Å²) in [5, 5.41) is 2.75. The van der Waals surface area contributed by atoms with Crippen molar-refractivity contribution >= 4 is 5.91 Å². The van der Waals surface area contributed by atoms with Gasteiger partial charge < -0.3 is 14.8 Å². The highest BCUT2D eigenvalue weighted by molar-refractivity contribution is 5.77. The lowest BCUT2D eigenvalue weighted by atomic mass is 10.3. The van der Waals surface area contributed by atoms with E-state index >= 15 is 0 Å². The Morgan fingerprint density at radius 2 is 1.75 bits per heavy atom. The molecule has 0 aromatic carbocycles. The van der Waals surface area contributed by atoms with Gasteiger partial charge in [-0.25, -0.2) is 0 Å². The lowest BCUT2D eigenvalue weighted by molar-refractivity contribution is -0.126. The number of hydrogen-bond acceptors (Lipinski definition) is 3. The molecular formula is C12H25NO3. The van der Waals surface area contributed by atoms with E-state index in [-0.39, 0.29) is 12.5 Å². The third-order valence-corrected chi connectivity index (χ3v) is 2.07. The van der Waals surface area contributed by atoms with E-state index < -0.39 is 0 Å². The summed E-state index contributed by atoms with van der Waals surface area (Å²) in [5.74, 6) is -0.0483. The predicted octanol–water partition coefficient (Wildman–Crippen LogP) is 1.74. The first-order chi connectivity index (χ1) is 7.81. The number of unbranched alkanes of at least 4 members (excludes halogenated alkanes) is 2. The van der Waals surface area contributed by atoms with E-state index in [0.29, 0.717) is 13.2 Å². The molecule has 0 atom stereocenters. The smallest absolute Gasteiger partial charge is 0.245 e. The van der Waals surface area contributed by atoms with Crippen LogP contribution in [0, 0.1) is 0 Å². The standard InChI is InChI=1S/C12H25NO3/c1-3-5-6-8-15-9-10-16-11-12(14)13-7-4-2/h3-11H2,1-2H3,(H,13,14). The van der Waals surface area contributed by atoms with Gasteiger partial charge in [-0.15, -0.1) is 0 Å². The third kappa shape index (κ3) is 11.5. The molecule has 4 nitrogen and oxygen atoms in total. The zero-order valence-electron chi connectivity index (χ0n) is 10.6. The van der Waals surface area contributed by atoms with Crippen molar-refractivity contribution in [2.75, 3.05) is 33.0 Å². The SMILES string of the molecule is CCCCCOCCOCC(=O)NCCC. The van der Waals surface area contributed by atoms with Crippen LogP contribution in [0.3, 0.4) is 0 Å². The largest absolute Gasteiger partial charge is 0.379 e. The van der Waals surface area contributed by atoms with Crippen molar-refractivity contribution < 1.29 is 14.3 Å². The molecule has 0 radical (unpaired) electrons. The highest BCUT2D eigenvalue weighted by Crippen LogP contribution is 1.93. The normalized spacial score (nSPS) is 10.4. The number of nitrogens with one attached hydrogen (secondary N) is 1. The summed E-state index contributed by atoms with van der Waals surface area (Å²) in [7, 11) is 0. The molecule has 0 heterocycles. The average molecular weight is 231 g/mol. The number of hydrogen-bond donors (Lipinski definition) is 1. The van der Waals surface area contributed by atoms with Crippen molar-refractivity contribution in [3.8, 4) is 0 Å². The molecule has 0 saturated heterocycles. The number of carbonyl (C=O) groups is 1. The Morgan fingerprint density at radius 1 is 1.00 bits per heavy atom. The van der Waals surface area contributed by atoms with Crippen LogP contribution in [0.25, 0.3) is 0 Å². The Bertz CT molecular complexity index is 162. The van der Waals surface area contributed by atoms with Gasteiger partial charge in [-0.2, -0.15) is 0 Å². The van der Waals surface area contributed by atoms with E-state index in [1.54, 1.807) is 0 Å². The number of carbonyl (C=O) groups excluding carboxylic acids is 1. The topological polar surface area (TPSA) is 47.6 Å². The molecule has 0 unspecified atom stereocenters. The van der Waals surface area contributed by atoms with Crippen LogP contribution in [-0.2, 0) is 14.3 Å². The van der Waals surface area contributed by atoms with Crippen molar-refractivity contribution in [2.24, 2.45) is 0 Å². The highest BCUT2D eigenvalue weighted by Gasteiger charge is 1.98. The molecule has 0 aromatic rings. The van der Waals surface area contributed by atoms with Crippen molar-refractivity contribution in [1.82, 2.24) is 5.32 Å². The van der Waals surface area contributed by atoms with E-state index in [4.69, 9.17) is 9.47 Å². The average Bonchev–Trinajstić information content (AvgIpc) is 2.30. The minimum Gasteiger partial charge on any atom is -0.379 e. The predicted molar refractivity (Wildman–Crippen MR) is 64.5 cm³/mol. The molecule has 0 fully saturated rings. The number of ether oxygens (including phenoxy) is 2. The quantitative estimate of drug-likeness (QED) is 0.551. The lowest BCUT2D eigenvalue weighted by Crippen LogP contribution is -2.28. The van der Waals surface area contributed by atoms with Crippen molar-refractivity contribution in [3.63, 3.8) is 0 Å². The van der Waals surface area contributed by atoms with E-state index in [1.807, 2.05) is 6.92 Å². The zero-order valence-corrected chi connectivity index (χ0v) is 10.6. The second kappa shape index (κ2) is 12.5. The van der Waals surface area contributed by atoms with E-state index in [9.17, 15) is 4.79 Å².